The first-order valence-corrected chi connectivity index (χ1v) is 9.18. The summed E-state index contributed by atoms with van der Waals surface area (Å²) in [6, 6.07) is 0. The predicted molar refractivity (Wildman–Crippen MR) is 94.0 cm³/mol. The molecular weight excluding hydrogens is 350 g/mol. The Morgan fingerprint density at radius 3 is 2.60 bits per heavy atom. The van der Waals surface area contributed by atoms with Crippen LogP contribution in [0.4, 0.5) is 4.79 Å². The molecule has 0 heterocycles. The number of alkyl carbamates (subject to hydrolysis) is 1. The Hall–Kier alpha value is -1.84. The SMILES string of the molecule is CCOC(=O)CNS(=O)C(CCCN=[N+]=[N-])CNC(=O)OC(C)(C)C. The number of nitrogens with one attached hydrogen (secondary N) is 2. The molecule has 2 atom stereocenters. The number of hydrogen-bond acceptors (Lipinski definition) is 6. The lowest BCUT2D eigenvalue weighted by Crippen LogP contribution is -2.42. The van der Waals surface area contributed by atoms with Crippen LogP contribution >= 0.6 is 0 Å². The van der Waals surface area contributed by atoms with Crippen molar-refractivity contribution in [1.29, 1.82) is 0 Å². The summed E-state index contributed by atoms with van der Waals surface area (Å²) in [5.74, 6) is -0.510. The van der Waals surface area contributed by atoms with Crippen LogP contribution in [-0.4, -0.2) is 53.4 Å². The van der Waals surface area contributed by atoms with Crippen LogP contribution in [0, 0.1) is 0 Å². The zero-order chi connectivity index (χ0) is 19.3. The number of ether oxygens (including phenoxy) is 2. The van der Waals surface area contributed by atoms with E-state index in [9.17, 15) is 13.8 Å². The monoisotopic (exact) mass is 377 g/mol. The van der Waals surface area contributed by atoms with Crippen LogP contribution in [0.2, 0.25) is 0 Å². The molecule has 144 valence electrons. The number of nitrogens with zero attached hydrogens (tertiary/aromatic N) is 3. The molecule has 0 spiro atoms. The summed E-state index contributed by atoms with van der Waals surface area (Å²) < 4.78 is 24.8. The second-order valence-corrected chi connectivity index (χ2v) is 7.58. The van der Waals surface area contributed by atoms with Crippen molar-refractivity contribution in [3.63, 3.8) is 0 Å². The molecule has 0 bridgehead atoms. The fourth-order valence-corrected chi connectivity index (χ4v) is 2.80. The zero-order valence-electron chi connectivity index (χ0n) is 15.1. The third-order valence-corrected chi connectivity index (χ3v) is 4.12. The Kier molecular flexibility index (Phi) is 11.6. The molecule has 1 amide bonds. The first-order chi connectivity index (χ1) is 11.7. The van der Waals surface area contributed by atoms with Gasteiger partial charge in [-0.05, 0) is 46.1 Å². The number of esters is 1. The molecule has 0 aromatic heterocycles. The summed E-state index contributed by atoms with van der Waals surface area (Å²) in [5, 5.41) is 5.50. The molecule has 0 aromatic rings. The number of hydrogen-bond donors (Lipinski definition) is 2. The average Bonchev–Trinajstić information content (AvgIpc) is 2.50. The van der Waals surface area contributed by atoms with E-state index in [4.69, 9.17) is 15.0 Å². The van der Waals surface area contributed by atoms with Gasteiger partial charge in [0, 0.05) is 18.0 Å². The van der Waals surface area contributed by atoms with Crippen LogP contribution in [0.15, 0.2) is 5.11 Å². The van der Waals surface area contributed by atoms with E-state index < -0.39 is 33.9 Å². The van der Waals surface area contributed by atoms with Crippen molar-refractivity contribution in [1.82, 2.24) is 10.0 Å². The quantitative estimate of drug-likeness (QED) is 0.185. The van der Waals surface area contributed by atoms with E-state index in [0.29, 0.717) is 12.8 Å². The summed E-state index contributed by atoms with van der Waals surface area (Å²) in [4.78, 5) is 25.7. The Labute approximate surface area is 150 Å². The summed E-state index contributed by atoms with van der Waals surface area (Å²) in [6.07, 6.45) is 0.310. The van der Waals surface area contributed by atoms with Gasteiger partial charge < -0.3 is 14.8 Å². The van der Waals surface area contributed by atoms with Gasteiger partial charge in [-0.3, -0.25) is 4.79 Å². The second-order valence-electron chi connectivity index (χ2n) is 6.03. The van der Waals surface area contributed by atoms with Gasteiger partial charge in [-0.2, -0.15) is 0 Å². The van der Waals surface area contributed by atoms with Gasteiger partial charge in [-0.1, -0.05) is 5.11 Å². The van der Waals surface area contributed by atoms with E-state index in [1.807, 2.05) is 0 Å². The standard InChI is InChI=1S/C14H27N5O5S/c1-5-23-12(20)10-18-25(22)11(7-6-8-17-19-15)9-16-13(21)24-14(2,3)4/h11,18H,5-10H2,1-4H3,(H,16,21). The third kappa shape index (κ3) is 13.2. The smallest absolute Gasteiger partial charge is 0.407 e. The Bertz CT molecular complexity index is 502. The van der Waals surface area contributed by atoms with Gasteiger partial charge in [-0.25, -0.2) is 13.7 Å². The van der Waals surface area contributed by atoms with Gasteiger partial charge in [0.05, 0.1) is 22.8 Å². The van der Waals surface area contributed by atoms with Crippen molar-refractivity contribution >= 4 is 23.0 Å². The van der Waals surface area contributed by atoms with Crippen molar-refractivity contribution < 1.29 is 23.3 Å². The molecule has 10 nitrogen and oxygen atoms in total. The van der Waals surface area contributed by atoms with Crippen LogP contribution in [0.1, 0.15) is 40.5 Å². The molecular formula is C14H27N5O5S. The maximum absolute atomic E-state index is 12.3. The van der Waals surface area contributed by atoms with Crippen molar-refractivity contribution in [3.05, 3.63) is 10.4 Å². The van der Waals surface area contributed by atoms with E-state index in [-0.39, 0.29) is 26.2 Å². The lowest BCUT2D eigenvalue weighted by molar-refractivity contribution is -0.141. The van der Waals surface area contributed by atoms with Gasteiger partial charge in [0.1, 0.15) is 12.1 Å². The van der Waals surface area contributed by atoms with E-state index in [2.05, 4.69) is 20.1 Å². The van der Waals surface area contributed by atoms with Crippen LogP contribution in [0.25, 0.3) is 10.4 Å². The number of rotatable bonds is 11. The lowest BCUT2D eigenvalue weighted by Gasteiger charge is -2.22. The van der Waals surface area contributed by atoms with Gasteiger partial charge in [0.15, 0.2) is 0 Å². The second kappa shape index (κ2) is 12.5. The minimum absolute atomic E-state index is 0.0909. The lowest BCUT2D eigenvalue weighted by atomic mass is 10.2. The molecule has 0 radical (unpaired) electrons. The molecule has 0 aliphatic rings. The minimum Gasteiger partial charge on any atom is -0.465 e. The number of amides is 1. The number of carbonyl (C=O) groups is 2. The molecule has 0 saturated heterocycles. The summed E-state index contributed by atoms with van der Waals surface area (Å²) in [6.45, 7) is 7.29. The third-order valence-electron chi connectivity index (χ3n) is 2.69. The molecule has 25 heavy (non-hydrogen) atoms. The van der Waals surface area contributed by atoms with E-state index in [0.717, 1.165) is 0 Å². The normalized spacial score (nSPS) is 13.3. The van der Waals surface area contributed by atoms with Crippen molar-refractivity contribution in [2.75, 3.05) is 26.2 Å². The van der Waals surface area contributed by atoms with E-state index in [1.165, 1.54) is 0 Å². The number of azide groups is 1. The van der Waals surface area contributed by atoms with Crippen LogP contribution in [0.3, 0.4) is 0 Å². The fraction of sp³-hybridized carbons (Fsp3) is 0.857. The molecule has 11 heteroatoms. The maximum Gasteiger partial charge on any atom is 0.407 e. The molecule has 0 fully saturated rings. The predicted octanol–water partition coefficient (Wildman–Crippen LogP) is 1.79. The van der Waals surface area contributed by atoms with E-state index in [1.54, 1.807) is 27.7 Å². The van der Waals surface area contributed by atoms with Gasteiger partial charge >= 0.3 is 12.1 Å². The van der Waals surface area contributed by atoms with Crippen molar-refractivity contribution in [2.45, 2.75) is 51.4 Å². The Morgan fingerprint density at radius 2 is 2.04 bits per heavy atom. The van der Waals surface area contributed by atoms with Crippen LogP contribution in [0.5, 0.6) is 0 Å². The highest BCUT2D eigenvalue weighted by Gasteiger charge is 2.21. The topological polar surface area (TPSA) is 142 Å². The summed E-state index contributed by atoms with van der Waals surface area (Å²) in [5.41, 5.74) is 7.65. The molecule has 0 rings (SSSR count). The first kappa shape index (κ1) is 23.2. The zero-order valence-corrected chi connectivity index (χ0v) is 15.9. The highest BCUT2D eigenvalue weighted by atomic mass is 32.2. The van der Waals surface area contributed by atoms with Gasteiger partial charge in [0.2, 0.25) is 0 Å². The Morgan fingerprint density at radius 1 is 1.36 bits per heavy atom. The molecule has 2 N–H and O–H groups in total. The van der Waals surface area contributed by atoms with Gasteiger partial charge in [0.25, 0.3) is 0 Å². The summed E-state index contributed by atoms with van der Waals surface area (Å²) >= 11 is 0. The molecule has 0 saturated carbocycles. The maximum atomic E-state index is 12.3. The minimum atomic E-state index is -1.58. The van der Waals surface area contributed by atoms with E-state index >= 15 is 0 Å². The highest BCUT2D eigenvalue weighted by Crippen LogP contribution is 2.08. The molecule has 0 aromatic carbocycles. The van der Waals surface area contributed by atoms with Crippen LogP contribution < -0.4 is 10.0 Å². The molecule has 2 unspecified atom stereocenters. The van der Waals surface area contributed by atoms with Crippen LogP contribution in [-0.2, 0) is 25.3 Å². The average molecular weight is 377 g/mol. The van der Waals surface area contributed by atoms with Gasteiger partial charge in [-0.15, -0.1) is 0 Å². The largest absolute Gasteiger partial charge is 0.465 e. The fourth-order valence-electron chi connectivity index (χ4n) is 1.69. The first-order valence-electron chi connectivity index (χ1n) is 7.97. The van der Waals surface area contributed by atoms with Crippen molar-refractivity contribution in [3.8, 4) is 0 Å². The highest BCUT2D eigenvalue weighted by molar-refractivity contribution is 7.83. The number of carbonyl (C=O) groups excluding carboxylic acids is 2. The summed E-state index contributed by atoms with van der Waals surface area (Å²) in [7, 11) is -1.58. The molecule has 0 aliphatic heterocycles. The Balaban J connectivity index is 4.56. The van der Waals surface area contributed by atoms with Crippen molar-refractivity contribution in [2.24, 2.45) is 5.11 Å². The molecule has 0 aliphatic carbocycles.